The molecule has 1 aliphatic heterocycles. The van der Waals surface area contributed by atoms with Crippen molar-refractivity contribution >= 4 is 17.4 Å². The number of hydrogen-bond acceptors (Lipinski definition) is 4. The molecule has 26 heavy (non-hydrogen) atoms. The maximum Gasteiger partial charge on any atom is 0.254 e. The molecule has 5 heteroatoms. The monoisotopic (exact) mass is 352 g/mol. The number of aromatic nitrogens is 1. The Labute approximate surface area is 156 Å². The van der Waals surface area contributed by atoms with E-state index in [4.69, 9.17) is 0 Å². The quantitative estimate of drug-likeness (QED) is 0.773. The van der Waals surface area contributed by atoms with Crippen LogP contribution < -0.4 is 10.2 Å². The summed E-state index contributed by atoms with van der Waals surface area (Å²) < 4.78 is 0. The fourth-order valence-electron chi connectivity index (χ4n) is 3.24. The van der Waals surface area contributed by atoms with Gasteiger partial charge in [0.05, 0.1) is 0 Å². The third-order valence-corrected chi connectivity index (χ3v) is 4.78. The van der Waals surface area contributed by atoms with Crippen LogP contribution in [0.15, 0.2) is 48.7 Å². The summed E-state index contributed by atoms with van der Waals surface area (Å²) in [6.45, 7) is 6.31. The number of unbranched alkanes of at least 4 members (excludes halogenated alkanes) is 2. The number of rotatable bonds is 7. The number of nitrogens with one attached hydrogen (secondary N) is 1. The molecule has 5 nitrogen and oxygen atoms in total. The fourth-order valence-corrected chi connectivity index (χ4v) is 3.24. The lowest BCUT2D eigenvalue weighted by atomic mass is 10.2. The van der Waals surface area contributed by atoms with Gasteiger partial charge in [-0.1, -0.05) is 38.0 Å². The highest BCUT2D eigenvalue weighted by molar-refractivity contribution is 5.95. The Bertz CT molecular complexity index is 696. The lowest BCUT2D eigenvalue weighted by Gasteiger charge is -2.36. The molecule has 1 aliphatic rings. The molecule has 2 heterocycles. The van der Waals surface area contributed by atoms with Crippen molar-refractivity contribution in [1.82, 2.24) is 9.88 Å². The molecule has 0 radical (unpaired) electrons. The van der Waals surface area contributed by atoms with Crippen molar-refractivity contribution in [2.75, 3.05) is 42.9 Å². The van der Waals surface area contributed by atoms with Crippen LogP contribution in [0.5, 0.6) is 0 Å². The van der Waals surface area contributed by atoms with E-state index in [1.165, 1.54) is 18.5 Å². The van der Waals surface area contributed by atoms with E-state index >= 15 is 0 Å². The third kappa shape index (κ3) is 4.75. The van der Waals surface area contributed by atoms with Crippen LogP contribution in [0.3, 0.4) is 0 Å². The second-order valence-electron chi connectivity index (χ2n) is 6.68. The zero-order chi connectivity index (χ0) is 18.2. The molecule has 1 saturated heterocycles. The summed E-state index contributed by atoms with van der Waals surface area (Å²) >= 11 is 0. The summed E-state index contributed by atoms with van der Waals surface area (Å²) in [5.41, 5.74) is 1.94. The van der Waals surface area contributed by atoms with E-state index in [0.29, 0.717) is 5.56 Å². The minimum absolute atomic E-state index is 0.0942. The molecule has 0 aliphatic carbocycles. The van der Waals surface area contributed by atoms with Gasteiger partial charge < -0.3 is 15.1 Å². The highest BCUT2D eigenvalue weighted by atomic mass is 16.2. The number of piperazine rings is 1. The standard InChI is InChI=1S/C21H28N4O/c1-2-3-7-11-22-20-17-18(10-12-23-20)21(26)25-15-13-24(14-16-25)19-8-5-4-6-9-19/h4-6,8-10,12,17H,2-3,7,11,13-16H2,1H3,(H,22,23). The Morgan fingerprint density at radius 3 is 2.58 bits per heavy atom. The first kappa shape index (κ1) is 18.2. The van der Waals surface area contributed by atoms with E-state index in [1.807, 2.05) is 23.1 Å². The molecule has 0 spiro atoms. The molecular weight excluding hydrogens is 324 g/mol. The third-order valence-electron chi connectivity index (χ3n) is 4.78. The summed E-state index contributed by atoms with van der Waals surface area (Å²) in [5.74, 6) is 0.881. The Balaban J connectivity index is 1.55. The molecule has 0 unspecified atom stereocenters. The lowest BCUT2D eigenvalue weighted by Crippen LogP contribution is -2.48. The Hall–Kier alpha value is -2.56. The number of carbonyl (C=O) groups excluding carboxylic acids is 1. The first-order valence-corrected chi connectivity index (χ1v) is 9.57. The van der Waals surface area contributed by atoms with Crippen molar-refractivity contribution in [1.29, 1.82) is 0 Å². The topological polar surface area (TPSA) is 48.5 Å². The largest absolute Gasteiger partial charge is 0.370 e. The Morgan fingerprint density at radius 2 is 1.85 bits per heavy atom. The normalized spacial score (nSPS) is 14.3. The zero-order valence-electron chi connectivity index (χ0n) is 15.5. The second-order valence-corrected chi connectivity index (χ2v) is 6.68. The first-order chi connectivity index (χ1) is 12.8. The van der Waals surface area contributed by atoms with Crippen molar-refractivity contribution in [3.8, 4) is 0 Å². The number of hydrogen-bond donors (Lipinski definition) is 1. The maximum atomic E-state index is 12.8. The van der Waals surface area contributed by atoms with Crippen molar-refractivity contribution in [3.63, 3.8) is 0 Å². The van der Waals surface area contributed by atoms with Gasteiger partial charge in [0.15, 0.2) is 0 Å². The SMILES string of the molecule is CCCCCNc1cc(C(=O)N2CCN(c3ccccc3)CC2)ccn1. The van der Waals surface area contributed by atoms with Gasteiger partial charge in [0.1, 0.15) is 5.82 Å². The molecule has 0 saturated carbocycles. The summed E-state index contributed by atoms with van der Waals surface area (Å²) in [5, 5.41) is 3.32. The van der Waals surface area contributed by atoms with Gasteiger partial charge in [0, 0.05) is 50.2 Å². The number of carbonyl (C=O) groups is 1. The van der Waals surface area contributed by atoms with Crippen LogP contribution in [-0.2, 0) is 0 Å². The van der Waals surface area contributed by atoms with Gasteiger partial charge in [-0.25, -0.2) is 4.98 Å². The van der Waals surface area contributed by atoms with Gasteiger partial charge >= 0.3 is 0 Å². The number of benzene rings is 1. The number of nitrogens with zero attached hydrogens (tertiary/aromatic N) is 3. The van der Waals surface area contributed by atoms with Gasteiger partial charge in [-0.15, -0.1) is 0 Å². The highest BCUT2D eigenvalue weighted by Gasteiger charge is 2.22. The predicted molar refractivity (Wildman–Crippen MR) is 107 cm³/mol. The molecule has 3 rings (SSSR count). The highest BCUT2D eigenvalue weighted by Crippen LogP contribution is 2.17. The molecular formula is C21H28N4O. The predicted octanol–water partition coefficient (Wildman–Crippen LogP) is 3.65. The molecule has 1 aromatic carbocycles. The lowest BCUT2D eigenvalue weighted by molar-refractivity contribution is 0.0746. The second kappa shape index (κ2) is 9.22. The van der Waals surface area contributed by atoms with Crippen LogP contribution >= 0.6 is 0 Å². The van der Waals surface area contributed by atoms with Crippen LogP contribution in [0.25, 0.3) is 0 Å². The van der Waals surface area contributed by atoms with Gasteiger partial charge in [-0.05, 0) is 30.7 Å². The van der Waals surface area contributed by atoms with E-state index < -0.39 is 0 Å². The van der Waals surface area contributed by atoms with Crippen LogP contribution in [0.2, 0.25) is 0 Å². The summed E-state index contributed by atoms with van der Waals surface area (Å²) in [6, 6.07) is 14.1. The van der Waals surface area contributed by atoms with E-state index in [0.717, 1.165) is 45.0 Å². The van der Waals surface area contributed by atoms with Crippen LogP contribution in [0, 0.1) is 0 Å². The molecule has 0 bridgehead atoms. The number of anilines is 2. The van der Waals surface area contributed by atoms with Crippen molar-refractivity contribution in [2.24, 2.45) is 0 Å². The number of pyridine rings is 1. The van der Waals surface area contributed by atoms with Crippen molar-refractivity contribution in [2.45, 2.75) is 26.2 Å². The van der Waals surface area contributed by atoms with Crippen LogP contribution in [0.4, 0.5) is 11.5 Å². The molecule has 2 aromatic rings. The summed E-state index contributed by atoms with van der Waals surface area (Å²) in [7, 11) is 0. The average Bonchev–Trinajstić information content (AvgIpc) is 2.72. The van der Waals surface area contributed by atoms with Gasteiger partial charge in [-0.2, -0.15) is 0 Å². The Morgan fingerprint density at radius 1 is 1.08 bits per heavy atom. The van der Waals surface area contributed by atoms with Gasteiger partial charge in [0.2, 0.25) is 0 Å². The van der Waals surface area contributed by atoms with Crippen molar-refractivity contribution in [3.05, 3.63) is 54.2 Å². The van der Waals surface area contributed by atoms with E-state index in [1.54, 1.807) is 6.20 Å². The average molecular weight is 352 g/mol. The van der Waals surface area contributed by atoms with Gasteiger partial charge in [-0.3, -0.25) is 4.79 Å². The molecule has 1 N–H and O–H groups in total. The molecule has 0 atom stereocenters. The maximum absolute atomic E-state index is 12.8. The smallest absolute Gasteiger partial charge is 0.254 e. The molecule has 1 fully saturated rings. The van der Waals surface area contributed by atoms with Gasteiger partial charge in [0.25, 0.3) is 5.91 Å². The fraction of sp³-hybridized carbons (Fsp3) is 0.429. The van der Waals surface area contributed by atoms with Crippen LogP contribution in [0.1, 0.15) is 36.5 Å². The molecule has 1 amide bonds. The Kier molecular flexibility index (Phi) is 6.47. The molecule has 138 valence electrons. The first-order valence-electron chi connectivity index (χ1n) is 9.57. The van der Waals surface area contributed by atoms with Crippen molar-refractivity contribution < 1.29 is 4.79 Å². The van der Waals surface area contributed by atoms with E-state index in [-0.39, 0.29) is 5.91 Å². The zero-order valence-corrected chi connectivity index (χ0v) is 15.5. The summed E-state index contributed by atoms with van der Waals surface area (Å²) in [4.78, 5) is 21.4. The number of amides is 1. The summed E-state index contributed by atoms with van der Waals surface area (Å²) in [6.07, 6.45) is 5.24. The van der Waals surface area contributed by atoms with E-state index in [2.05, 4.69) is 46.4 Å². The van der Waals surface area contributed by atoms with E-state index in [9.17, 15) is 4.79 Å². The minimum atomic E-state index is 0.0942. The molecule has 1 aromatic heterocycles. The number of para-hydroxylation sites is 1. The van der Waals surface area contributed by atoms with Crippen LogP contribution in [-0.4, -0.2) is 48.5 Å². The minimum Gasteiger partial charge on any atom is -0.370 e.